The number of pyridine rings is 1. The molecule has 0 bridgehead atoms. The van der Waals surface area contributed by atoms with E-state index in [1.165, 1.54) is 22.8 Å². The number of carbonyl (C=O) groups is 1. The molecule has 0 radical (unpaired) electrons. The number of primary amides is 1. The predicted octanol–water partition coefficient (Wildman–Crippen LogP) is 2.92. The number of carbonyl (C=O) groups excluding carboxylic acids is 1. The molecule has 3 heterocycles. The molecule has 0 saturated carbocycles. The van der Waals surface area contributed by atoms with Crippen LogP contribution in [-0.2, 0) is 4.84 Å². The zero-order valence-corrected chi connectivity index (χ0v) is 15.9. The lowest BCUT2D eigenvalue weighted by Crippen LogP contribution is -2.13. The number of hydrogen-bond acceptors (Lipinski definition) is 7. The smallest absolute Gasteiger partial charge is 0.333 e. The van der Waals surface area contributed by atoms with Crippen molar-refractivity contribution in [2.45, 2.75) is 19.8 Å². The monoisotopic (exact) mass is 411 g/mol. The quantitative estimate of drug-likeness (QED) is 0.313. The van der Waals surface area contributed by atoms with Gasteiger partial charge in [-0.05, 0) is 31.2 Å². The van der Waals surface area contributed by atoms with Crippen LogP contribution in [0.5, 0.6) is 0 Å². The van der Waals surface area contributed by atoms with Crippen LogP contribution in [-0.4, -0.2) is 36.6 Å². The first-order valence-electron chi connectivity index (χ1n) is 8.83. The molecule has 0 saturated heterocycles. The highest BCUT2D eigenvalue weighted by molar-refractivity contribution is 5.96. The number of oxime groups is 1. The number of nitrogens with two attached hydrogens (primary N) is 1. The SMILES string of the molecule is C/C(=N\OC(N)=O)c1ccc2nnc([C@H](C)c3c(F)cc4ncccc4c3F)n2n1. The average molecular weight is 411 g/mol. The van der Waals surface area contributed by atoms with Gasteiger partial charge in [-0.3, -0.25) is 9.82 Å². The molecule has 0 aliphatic carbocycles. The summed E-state index contributed by atoms with van der Waals surface area (Å²) >= 11 is 0. The van der Waals surface area contributed by atoms with Crippen molar-refractivity contribution >= 4 is 28.4 Å². The standard InChI is InChI=1S/C19H15F2N7O2/c1-9(16-12(20)8-14-11(17(16)21)4-3-7-23-14)18-25-24-15-6-5-13(26-28(15)18)10(2)27-30-19(22)29/h3-9H,1-2H3,(H2,22,29)/b27-10+/t9-/m1/s1. The Labute approximate surface area is 168 Å². The molecule has 9 nitrogen and oxygen atoms in total. The molecule has 0 aliphatic rings. The zero-order chi connectivity index (χ0) is 21.4. The molecule has 30 heavy (non-hydrogen) atoms. The van der Waals surface area contributed by atoms with Crippen LogP contribution in [0.15, 0.2) is 41.7 Å². The van der Waals surface area contributed by atoms with Crippen molar-refractivity contribution in [2.75, 3.05) is 0 Å². The van der Waals surface area contributed by atoms with Crippen LogP contribution in [0.2, 0.25) is 0 Å². The van der Waals surface area contributed by atoms with Gasteiger partial charge in [0.1, 0.15) is 23.0 Å². The second-order valence-corrected chi connectivity index (χ2v) is 6.51. The lowest BCUT2D eigenvalue weighted by atomic mass is 9.97. The maximum atomic E-state index is 15.1. The molecule has 0 unspecified atom stereocenters. The molecule has 0 aliphatic heterocycles. The molecule has 1 atom stereocenters. The van der Waals surface area contributed by atoms with Gasteiger partial charge in [0.05, 0.1) is 5.52 Å². The second-order valence-electron chi connectivity index (χ2n) is 6.51. The third-order valence-electron chi connectivity index (χ3n) is 4.58. The minimum absolute atomic E-state index is 0.167. The van der Waals surface area contributed by atoms with Crippen LogP contribution < -0.4 is 5.73 Å². The number of rotatable bonds is 4. The topological polar surface area (TPSA) is 121 Å². The van der Waals surface area contributed by atoms with Gasteiger partial charge in [0, 0.05) is 29.1 Å². The molecule has 4 rings (SSSR count). The highest BCUT2D eigenvalue weighted by atomic mass is 19.1. The predicted molar refractivity (Wildman–Crippen MR) is 103 cm³/mol. The minimum Gasteiger partial charge on any atom is -0.333 e. The summed E-state index contributed by atoms with van der Waals surface area (Å²) in [5.41, 5.74) is 5.91. The van der Waals surface area contributed by atoms with Crippen LogP contribution in [0.4, 0.5) is 13.6 Å². The summed E-state index contributed by atoms with van der Waals surface area (Å²) in [5.74, 6) is -2.05. The van der Waals surface area contributed by atoms with Gasteiger partial charge in [-0.25, -0.2) is 13.6 Å². The molecule has 0 spiro atoms. The van der Waals surface area contributed by atoms with E-state index in [-0.39, 0.29) is 28.0 Å². The fourth-order valence-electron chi connectivity index (χ4n) is 3.12. The van der Waals surface area contributed by atoms with Gasteiger partial charge in [-0.1, -0.05) is 12.1 Å². The largest absolute Gasteiger partial charge is 0.430 e. The van der Waals surface area contributed by atoms with E-state index in [0.29, 0.717) is 11.3 Å². The number of hydrogen-bond donors (Lipinski definition) is 1. The molecule has 4 aromatic rings. The molecule has 2 N–H and O–H groups in total. The van der Waals surface area contributed by atoms with E-state index in [1.54, 1.807) is 32.0 Å². The summed E-state index contributed by atoms with van der Waals surface area (Å²) in [6, 6.07) is 7.49. The number of benzene rings is 1. The lowest BCUT2D eigenvalue weighted by Gasteiger charge is -2.14. The van der Waals surface area contributed by atoms with E-state index in [2.05, 4.69) is 30.3 Å². The average Bonchev–Trinajstić information content (AvgIpc) is 3.15. The van der Waals surface area contributed by atoms with Crippen molar-refractivity contribution in [2.24, 2.45) is 10.9 Å². The summed E-state index contributed by atoms with van der Waals surface area (Å²) in [4.78, 5) is 19.1. The van der Waals surface area contributed by atoms with Crippen molar-refractivity contribution in [3.8, 4) is 0 Å². The van der Waals surface area contributed by atoms with Crippen molar-refractivity contribution < 1.29 is 18.4 Å². The maximum absolute atomic E-state index is 15.1. The number of amides is 1. The Balaban J connectivity index is 1.82. The third-order valence-corrected chi connectivity index (χ3v) is 4.58. The first-order chi connectivity index (χ1) is 14.4. The van der Waals surface area contributed by atoms with Crippen molar-refractivity contribution in [3.05, 3.63) is 65.2 Å². The molecule has 152 valence electrons. The number of aromatic nitrogens is 5. The number of nitrogens with zero attached hydrogens (tertiary/aromatic N) is 6. The Bertz CT molecular complexity index is 1320. The number of halogens is 2. The Morgan fingerprint density at radius 1 is 1.27 bits per heavy atom. The normalized spacial score (nSPS) is 13.0. The molecular weight excluding hydrogens is 396 g/mol. The van der Waals surface area contributed by atoms with Gasteiger partial charge in [-0.15, -0.1) is 10.2 Å². The molecule has 1 amide bonds. The van der Waals surface area contributed by atoms with Crippen molar-refractivity contribution in [1.82, 2.24) is 24.8 Å². The zero-order valence-electron chi connectivity index (χ0n) is 15.9. The van der Waals surface area contributed by atoms with Crippen LogP contribution in [0.3, 0.4) is 0 Å². The Morgan fingerprint density at radius 3 is 2.83 bits per heavy atom. The van der Waals surface area contributed by atoms with Crippen LogP contribution in [0.25, 0.3) is 16.6 Å². The van der Waals surface area contributed by atoms with E-state index < -0.39 is 23.6 Å². The Morgan fingerprint density at radius 2 is 2.07 bits per heavy atom. The van der Waals surface area contributed by atoms with E-state index in [1.807, 2.05) is 0 Å². The second kappa shape index (κ2) is 7.43. The van der Waals surface area contributed by atoms with Crippen LogP contribution >= 0.6 is 0 Å². The summed E-state index contributed by atoms with van der Waals surface area (Å²) in [5, 5.41) is 16.2. The molecule has 3 aromatic heterocycles. The molecule has 0 fully saturated rings. The van der Waals surface area contributed by atoms with Gasteiger partial charge in [-0.2, -0.15) is 9.61 Å². The summed E-state index contributed by atoms with van der Waals surface area (Å²) in [6.07, 6.45) is 0.402. The first-order valence-corrected chi connectivity index (χ1v) is 8.83. The van der Waals surface area contributed by atoms with E-state index in [4.69, 9.17) is 5.73 Å². The highest BCUT2D eigenvalue weighted by Gasteiger charge is 2.25. The van der Waals surface area contributed by atoms with Gasteiger partial charge in [0.25, 0.3) is 0 Å². The van der Waals surface area contributed by atoms with Crippen molar-refractivity contribution in [3.63, 3.8) is 0 Å². The summed E-state index contributed by atoms with van der Waals surface area (Å²) in [6.45, 7) is 3.16. The third kappa shape index (κ3) is 3.30. The first kappa shape index (κ1) is 19.3. The summed E-state index contributed by atoms with van der Waals surface area (Å²) in [7, 11) is 0. The van der Waals surface area contributed by atoms with E-state index >= 15 is 4.39 Å². The van der Waals surface area contributed by atoms with E-state index in [9.17, 15) is 9.18 Å². The fraction of sp³-hybridized carbons (Fsp3) is 0.158. The molecular formula is C19H15F2N7O2. The maximum Gasteiger partial charge on any atom is 0.430 e. The summed E-state index contributed by atoms with van der Waals surface area (Å²) < 4.78 is 31.2. The Kier molecular flexibility index (Phi) is 4.78. The van der Waals surface area contributed by atoms with Crippen molar-refractivity contribution in [1.29, 1.82) is 0 Å². The van der Waals surface area contributed by atoms with E-state index in [0.717, 1.165) is 0 Å². The number of fused-ring (bicyclic) bond motifs is 2. The van der Waals surface area contributed by atoms with Crippen LogP contribution in [0.1, 0.15) is 36.8 Å². The van der Waals surface area contributed by atoms with Gasteiger partial charge in [0.15, 0.2) is 11.5 Å². The minimum atomic E-state index is -1.06. The molecule has 11 heteroatoms. The lowest BCUT2D eigenvalue weighted by molar-refractivity contribution is 0.161. The highest BCUT2D eigenvalue weighted by Crippen LogP contribution is 2.31. The molecule has 1 aromatic carbocycles. The van der Waals surface area contributed by atoms with Gasteiger partial charge in [0.2, 0.25) is 0 Å². The van der Waals surface area contributed by atoms with Gasteiger partial charge < -0.3 is 5.73 Å². The van der Waals surface area contributed by atoms with Crippen LogP contribution in [0, 0.1) is 11.6 Å². The Hall–Kier alpha value is -4.02. The fourth-order valence-corrected chi connectivity index (χ4v) is 3.12. The van der Waals surface area contributed by atoms with Gasteiger partial charge >= 0.3 is 6.09 Å².